The lowest BCUT2D eigenvalue weighted by atomic mass is 9.85. The van der Waals surface area contributed by atoms with Gasteiger partial charge in [-0.25, -0.2) is 19.6 Å². The third kappa shape index (κ3) is 10.1. The van der Waals surface area contributed by atoms with Gasteiger partial charge in [0.05, 0.1) is 80.5 Å². The van der Waals surface area contributed by atoms with E-state index >= 15 is 0 Å². The van der Waals surface area contributed by atoms with E-state index in [0.717, 1.165) is 33.6 Å². The number of methoxy groups -OCH3 is 2. The normalized spacial score (nSPS) is 27.0. The van der Waals surface area contributed by atoms with Crippen molar-refractivity contribution in [2.45, 2.75) is 127 Å². The van der Waals surface area contributed by atoms with Gasteiger partial charge in [0, 0.05) is 6.61 Å². The average Bonchev–Trinajstić information content (AvgIpc) is 4.18. The maximum absolute atomic E-state index is 14.5. The molecule has 6 heterocycles. The van der Waals surface area contributed by atoms with Crippen LogP contribution < -0.4 is 10.6 Å². The molecule has 16 nitrogen and oxygen atoms in total. The van der Waals surface area contributed by atoms with Crippen LogP contribution in [0.25, 0.3) is 33.6 Å². The van der Waals surface area contributed by atoms with Gasteiger partial charge in [-0.15, -0.1) is 12.8 Å². The monoisotopic (exact) mass is 912 g/mol. The highest BCUT2D eigenvalue weighted by Crippen LogP contribution is 2.40. The first-order valence-electron chi connectivity index (χ1n) is 23.2. The number of hydrogen-bond donors (Lipinski definition) is 4. The van der Waals surface area contributed by atoms with E-state index in [2.05, 4.69) is 56.7 Å². The van der Waals surface area contributed by atoms with Gasteiger partial charge < -0.3 is 49.3 Å². The molecule has 352 valence electrons. The Morgan fingerprint density at radius 3 is 1.48 bits per heavy atom. The quantitative estimate of drug-likeness (QED) is 0.115. The Kier molecular flexibility index (Phi) is 14.3. The topological polar surface area (TPSA) is 193 Å². The SMILES string of the molecule is C#C[C@H]1CC[C@@H](c2ncc(-c3ccc(-c4ccc(-c5cnc([C@@H]6CC[C@H](C#C)N6C(=O)[C@@H](NC(=O)OC)C6C[C@@H](C)O[C@H](C)C6)[nH]5)cc4)cc3)[nH]2)N1C(=O)[C@@H](NC(=O)OC)C1CCO[C@H](C)C1. The van der Waals surface area contributed by atoms with Crippen LogP contribution >= 0.6 is 0 Å². The Balaban J connectivity index is 0.951. The van der Waals surface area contributed by atoms with Crippen LogP contribution in [0.15, 0.2) is 60.9 Å². The third-order valence-corrected chi connectivity index (χ3v) is 13.9. The number of aromatic nitrogens is 4. The molecule has 10 atom stereocenters. The Labute approximate surface area is 391 Å². The minimum Gasteiger partial charge on any atom is -0.453 e. The Morgan fingerprint density at radius 1 is 0.642 bits per heavy atom. The van der Waals surface area contributed by atoms with Gasteiger partial charge in [-0.1, -0.05) is 60.4 Å². The number of ether oxygens (including phenoxy) is 4. The van der Waals surface area contributed by atoms with Crippen molar-refractivity contribution in [2.75, 3.05) is 20.8 Å². The summed E-state index contributed by atoms with van der Waals surface area (Å²) in [7, 11) is 2.57. The fourth-order valence-electron chi connectivity index (χ4n) is 10.6. The number of nitrogens with zero attached hydrogens (tertiary/aromatic N) is 4. The van der Waals surface area contributed by atoms with E-state index in [1.807, 2.05) is 45.0 Å². The Hall–Kier alpha value is -6.62. The van der Waals surface area contributed by atoms with Crippen LogP contribution in [0.4, 0.5) is 9.59 Å². The summed E-state index contributed by atoms with van der Waals surface area (Å²) in [5.74, 6) is 6.05. The number of aromatic amines is 2. The number of carbonyl (C=O) groups excluding carboxylic acids is 4. The van der Waals surface area contributed by atoms with Crippen molar-refractivity contribution in [1.29, 1.82) is 0 Å². The summed E-state index contributed by atoms with van der Waals surface area (Å²) >= 11 is 0. The Bertz CT molecular complexity index is 2480. The minimum atomic E-state index is -0.836. The Morgan fingerprint density at radius 2 is 1.06 bits per heavy atom. The van der Waals surface area contributed by atoms with Gasteiger partial charge in [0.2, 0.25) is 11.8 Å². The molecule has 0 radical (unpaired) electrons. The van der Waals surface area contributed by atoms with E-state index in [-0.39, 0.29) is 42.0 Å². The molecule has 0 bridgehead atoms. The van der Waals surface area contributed by atoms with E-state index in [0.29, 0.717) is 69.6 Å². The number of carbonyl (C=O) groups is 4. The number of imidazole rings is 2. The molecule has 4 amide bonds. The third-order valence-electron chi connectivity index (χ3n) is 13.9. The summed E-state index contributed by atoms with van der Waals surface area (Å²) in [4.78, 5) is 73.7. The number of likely N-dealkylation sites (tertiary alicyclic amines) is 2. The second-order valence-corrected chi connectivity index (χ2v) is 18.2. The highest BCUT2D eigenvalue weighted by molar-refractivity contribution is 5.88. The summed E-state index contributed by atoms with van der Waals surface area (Å²) in [5, 5.41) is 5.63. The van der Waals surface area contributed by atoms with Gasteiger partial charge in [0.15, 0.2) is 0 Å². The minimum absolute atomic E-state index is 0.0465. The van der Waals surface area contributed by atoms with Crippen molar-refractivity contribution in [1.82, 2.24) is 40.4 Å². The highest BCUT2D eigenvalue weighted by atomic mass is 16.5. The first-order chi connectivity index (χ1) is 32.4. The number of terminal acetylenes is 2. The molecule has 8 rings (SSSR count). The van der Waals surface area contributed by atoms with Crippen molar-refractivity contribution in [3.63, 3.8) is 0 Å². The lowest BCUT2D eigenvalue weighted by Crippen LogP contribution is -2.55. The molecule has 0 saturated carbocycles. The molecule has 2 aromatic carbocycles. The zero-order chi connectivity index (χ0) is 47.4. The van der Waals surface area contributed by atoms with Crippen molar-refractivity contribution in [3.8, 4) is 58.3 Å². The van der Waals surface area contributed by atoms with Crippen LogP contribution in [-0.4, -0.2) is 117 Å². The molecule has 4 fully saturated rings. The van der Waals surface area contributed by atoms with Crippen molar-refractivity contribution in [3.05, 3.63) is 72.6 Å². The van der Waals surface area contributed by atoms with Crippen LogP contribution in [-0.2, 0) is 28.5 Å². The van der Waals surface area contributed by atoms with E-state index in [1.54, 1.807) is 22.2 Å². The van der Waals surface area contributed by atoms with Gasteiger partial charge in [-0.2, -0.15) is 0 Å². The lowest BCUT2D eigenvalue weighted by Gasteiger charge is -2.39. The summed E-state index contributed by atoms with van der Waals surface area (Å²) in [6.07, 6.45) is 18.9. The van der Waals surface area contributed by atoms with Gasteiger partial charge in [0.1, 0.15) is 23.7 Å². The second-order valence-electron chi connectivity index (χ2n) is 18.2. The fraction of sp³-hybridized carbons (Fsp3) is 0.490. The van der Waals surface area contributed by atoms with Crippen LogP contribution in [0.5, 0.6) is 0 Å². The summed E-state index contributed by atoms with van der Waals surface area (Å²) < 4.78 is 21.5. The molecule has 4 aliphatic heterocycles. The number of hydrogen-bond acceptors (Lipinski definition) is 10. The fourth-order valence-corrected chi connectivity index (χ4v) is 10.6. The molecule has 4 aromatic rings. The van der Waals surface area contributed by atoms with Gasteiger partial charge in [0.25, 0.3) is 0 Å². The first-order valence-corrected chi connectivity index (χ1v) is 23.2. The maximum Gasteiger partial charge on any atom is 0.407 e. The molecular weight excluding hydrogens is 853 g/mol. The van der Waals surface area contributed by atoms with E-state index in [9.17, 15) is 19.2 Å². The van der Waals surface area contributed by atoms with Crippen molar-refractivity contribution in [2.24, 2.45) is 11.8 Å². The number of nitrogens with one attached hydrogen (secondary N) is 4. The predicted octanol–water partition coefficient (Wildman–Crippen LogP) is 6.93. The molecule has 0 spiro atoms. The van der Waals surface area contributed by atoms with Gasteiger partial charge >= 0.3 is 12.2 Å². The summed E-state index contributed by atoms with van der Waals surface area (Å²) in [6, 6.07) is 12.9. The highest BCUT2D eigenvalue weighted by Gasteiger charge is 2.46. The van der Waals surface area contributed by atoms with Crippen LogP contribution in [0.2, 0.25) is 0 Å². The molecule has 2 aromatic heterocycles. The molecule has 4 saturated heterocycles. The molecular formula is C51H60N8O8. The van der Waals surface area contributed by atoms with Crippen LogP contribution in [0.1, 0.15) is 95.9 Å². The molecule has 4 aliphatic rings. The standard InChI is InChI=1S/C51H60N8O8/c1-8-38-18-20-42(58(38)48(60)44(56-50(62)64-6)36-22-23-66-29(3)24-36)46-52-27-40(54-46)34-14-10-32(11-15-34)33-12-16-35(17-13-33)41-28-53-47(55-41)43-21-19-39(9-2)59(43)49(61)45(57-51(63)65-7)37-25-30(4)67-31(5)26-37/h1-2,10-17,27-31,36-39,42-45H,18-26H2,3-7H3,(H,52,54)(H,53,55)(H,56,62)(H,57,63)/t29-,30-,31-,36?,38+,39+,42+,43+,44+,45+/m1/s1. The summed E-state index contributed by atoms with van der Waals surface area (Å²) in [6.45, 7) is 6.41. The molecule has 67 heavy (non-hydrogen) atoms. The van der Waals surface area contributed by atoms with Gasteiger partial charge in [-0.3, -0.25) is 9.59 Å². The first kappa shape index (κ1) is 46.9. The number of alkyl carbamates (subject to hydrolysis) is 2. The number of rotatable bonds is 11. The van der Waals surface area contributed by atoms with Crippen LogP contribution in [0.3, 0.4) is 0 Å². The largest absolute Gasteiger partial charge is 0.453 e. The number of benzene rings is 2. The number of amides is 4. The van der Waals surface area contributed by atoms with Crippen molar-refractivity contribution < 1.29 is 38.1 Å². The zero-order valence-electron chi connectivity index (χ0n) is 38.7. The predicted molar refractivity (Wildman–Crippen MR) is 249 cm³/mol. The smallest absolute Gasteiger partial charge is 0.407 e. The van der Waals surface area contributed by atoms with E-state index < -0.39 is 48.4 Å². The lowest BCUT2D eigenvalue weighted by molar-refractivity contribution is -0.140. The van der Waals surface area contributed by atoms with Crippen LogP contribution in [0, 0.1) is 36.5 Å². The number of H-pyrrole nitrogens is 2. The maximum atomic E-state index is 14.5. The molecule has 1 unspecified atom stereocenters. The molecule has 4 N–H and O–H groups in total. The van der Waals surface area contributed by atoms with Gasteiger partial charge in [-0.05, 0) is 106 Å². The van der Waals surface area contributed by atoms with Crippen molar-refractivity contribution >= 4 is 24.0 Å². The van der Waals surface area contributed by atoms with E-state index in [4.69, 9.17) is 41.8 Å². The summed E-state index contributed by atoms with van der Waals surface area (Å²) in [5.41, 5.74) is 5.46. The van der Waals surface area contributed by atoms with E-state index in [1.165, 1.54) is 14.2 Å². The second kappa shape index (κ2) is 20.5. The zero-order valence-corrected chi connectivity index (χ0v) is 38.7. The molecule has 0 aliphatic carbocycles. The average molecular weight is 913 g/mol. The molecule has 16 heteroatoms.